The lowest BCUT2D eigenvalue weighted by Crippen LogP contribution is -2.10. The first-order valence-electron chi connectivity index (χ1n) is 4.29. The number of halogens is 4. The van der Waals surface area contributed by atoms with Gasteiger partial charge in [-0.2, -0.15) is 13.2 Å². The van der Waals surface area contributed by atoms with Crippen LogP contribution in [-0.2, 0) is 6.18 Å². The maximum Gasteiger partial charge on any atom is 0.450 e. The molecule has 90 valence electrons. The van der Waals surface area contributed by atoms with E-state index in [2.05, 4.69) is 20.9 Å². The molecule has 0 aromatic carbocycles. The van der Waals surface area contributed by atoms with E-state index in [1.165, 1.54) is 12.1 Å². The predicted molar refractivity (Wildman–Crippen MR) is 54.9 cm³/mol. The summed E-state index contributed by atoms with van der Waals surface area (Å²) in [5, 5.41) is 8.78. The third-order valence-corrected chi connectivity index (χ3v) is 2.53. The molecule has 0 atom stereocenters. The highest BCUT2D eigenvalue weighted by molar-refractivity contribution is 9.10. The van der Waals surface area contributed by atoms with Gasteiger partial charge in [0.1, 0.15) is 0 Å². The number of aromatic nitrogens is 2. The number of imidazole rings is 1. The fourth-order valence-electron chi connectivity index (χ4n) is 1.42. The lowest BCUT2D eigenvalue weighted by molar-refractivity contribution is -0.145. The van der Waals surface area contributed by atoms with Crippen LogP contribution < -0.4 is 0 Å². The zero-order valence-corrected chi connectivity index (χ0v) is 9.58. The summed E-state index contributed by atoms with van der Waals surface area (Å²) in [5.74, 6) is -2.76. The molecule has 0 aliphatic rings. The Bertz CT molecular complexity index is 606. The van der Waals surface area contributed by atoms with Crippen LogP contribution in [0.3, 0.4) is 0 Å². The largest absolute Gasteiger partial charge is 0.476 e. The molecule has 2 heterocycles. The number of aromatic carboxylic acids is 1. The molecule has 0 bridgehead atoms. The maximum atomic E-state index is 12.6. The van der Waals surface area contributed by atoms with Crippen LogP contribution in [-0.4, -0.2) is 20.5 Å². The van der Waals surface area contributed by atoms with Gasteiger partial charge in [0.25, 0.3) is 0 Å². The Kier molecular flexibility index (Phi) is 2.61. The van der Waals surface area contributed by atoms with Crippen molar-refractivity contribution in [3.8, 4) is 0 Å². The van der Waals surface area contributed by atoms with Crippen molar-refractivity contribution in [2.24, 2.45) is 0 Å². The van der Waals surface area contributed by atoms with Crippen LogP contribution in [0.1, 0.15) is 16.3 Å². The zero-order chi connectivity index (χ0) is 12.8. The Morgan fingerprint density at radius 3 is 2.59 bits per heavy atom. The Labute approximate surface area is 101 Å². The minimum atomic E-state index is -4.71. The fourth-order valence-corrected chi connectivity index (χ4v) is 1.75. The molecule has 0 aliphatic carbocycles. The highest BCUT2D eigenvalue weighted by atomic mass is 79.9. The Balaban J connectivity index is 2.85. The van der Waals surface area contributed by atoms with Crippen molar-refractivity contribution < 1.29 is 23.1 Å². The van der Waals surface area contributed by atoms with Crippen molar-refractivity contribution in [2.45, 2.75) is 6.18 Å². The molecule has 0 radical (unpaired) electrons. The van der Waals surface area contributed by atoms with E-state index < -0.39 is 23.7 Å². The minimum Gasteiger partial charge on any atom is -0.476 e. The van der Waals surface area contributed by atoms with Gasteiger partial charge in [0.05, 0.1) is 5.52 Å². The third kappa shape index (κ3) is 1.99. The van der Waals surface area contributed by atoms with E-state index >= 15 is 0 Å². The number of hydrogen-bond donors (Lipinski definition) is 1. The van der Waals surface area contributed by atoms with E-state index in [1.54, 1.807) is 0 Å². The zero-order valence-electron chi connectivity index (χ0n) is 7.99. The van der Waals surface area contributed by atoms with Crippen LogP contribution in [0, 0.1) is 0 Å². The minimum absolute atomic E-state index is 0.104. The molecule has 0 saturated heterocycles. The van der Waals surface area contributed by atoms with Crippen molar-refractivity contribution in [1.82, 2.24) is 9.38 Å². The van der Waals surface area contributed by atoms with Crippen molar-refractivity contribution in [1.29, 1.82) is 0 Å². The van der Waals surface area contributed by atoms with Crippen LogP contribution >= 0.6 is 15.9 Å². The first kappa shape index (κ1) is 11.9. The molecule has 0 unspecified atom stereocenters. The summed E-state index contributed by atoms with van der Waals surface area (Å²) >= 11 is 3.02. The molecule has 1 N–H and O–H groups in total. The molecule has 0 saturated carbocycles. The average Bonchev–Trinajstić information content (AvgIpc) is 2.55. The second-order valence-electron chi connectivity index (χ2n) is 3.19. The van der Waals surface area contributed by atoms with Crippen LogP contribution in [0.2, 0.25) is 0 Å². The predicted octanol–water partition coefficient (Wildman–Crippen LogP) is 2.81. The molecule has 2 aromatic heterocycles. The van der Waals surface area contributed by atoms with Crippen LogP contribution in [0.4, 0.5) is 13.2 Å². The van der Waals surface area contributed by atoms with Gasteiger partial charge >= 0.3 is 12.1 Å². The monoisotopic (exact) mass is 308 g/mol. The quantitative estimate of drug-likeness (QED) is 0.881. The van der Waals surface area contributed by atoms with Gasteiger partial charge in [-0.05, 0) is 28.1 Å². The number of carboxylic acids is 1. The average molecular weight is 309 g/mol. The van der Waals surface area contributed by atoms with E-state index in [0.717, 1.165) is 6.20 Å². The van der Waals surface area contributed by atoms with Gasteiger partial charge in [-0.3, -0.25) is 4.40 Å². The summed E-state index contributed by atoms with van der Waals surface area (Å²) in [6.07, 6.45) is -3.59. The Morgan fingerprint density at radius 2 is 2.06 bits per heavy atom. The lowest BCUT2D eigenvalue weighted by Gasteiger charge is -2.04. The number of rotatable bonds is 1. The molecule has 17 heavy (non-hydrogen) atoms. The van der Waals surface area contributed by atoms with Gasteiger partial charge < -0.3 is 5.11 Å². The summed E-state index contributed by atoms with van der Waals surface area (Å²) in [6, 6.07) is 2.71. The van der Waals surface area contributed by atoms with Gasteiger partial charge in [-0.1, -0.05) is 0 Å². The van der Waals surface area contributed by atoms with Gasteiger partial charge in [0, 0.05) is 10.7 Å². The number of carboxylic acid groups (broad SMARTS) is 1. The summed E-state index contributed by atoms with van der Waals surface area (Å²) in [7, 11) is 0. The number of alkyl halides is 3. The van der Waals surface area contributed by atoms with Crippen LogP contribution in [0.5, 0.6) is 0 Å². The molecule has 0 spiro atoms. The standard InChI is InChI=1S/C9H4BrF3N2O2/c10-4-1-2-5-6(7(16)17)14-8(9(11,12)13)15(5)3-4/h1-3H,(H,16,17). The third-order valence-electron chi connectivity index (χ3n) is 2.06. The van der Waals surface area contributed by atoms with Crippen molar-refractivity contribution >= 4 is 27.4 Å². The SMILES string of the molecule is O=C(O)c1nc(C(F)(F)F)n2cc(Br)ccc12. The van der Waals surface area contributed by atoms with Gasteiger partial charge in [0.2, 0.25) is 5.82 Å². The molecule has 8 heteroatoms. The van der Waals surface area contributed by atoms with Crippen LogP contribution in [0.25, 0.3) is 5.52 Å². The second-order valence-corrected chi connectivity index (χ2v) is 4.11. The van der Waals surface area contributed by atoms with Crippen molar-refractivity contribution in [3.05, 3.63) is 34.3 Å². The summed E-state index contributed by atoms with van der Waals surface area (Å²) in [6.45, 7) is 0. The highest BCUT2D eigenvalue weighted by Crippen LogP contribution is 2.31. The molecule has 0 aliphatic heterocycles. The molecule has 0 amide bonds. The Hall–Kier alpha value is -1.57. The molecule has 0 fully saturated rings. The number of nitrogens with zero attached hydrogens (tertiary/aromatic N) is 2. The topological polar surface area (TPSA) is 54.6 Å². The smallest absolute Gasteiger partial charge is 0.450 e. The second kappa shape index (κ2) is 3.73. The van der Waals surface area contributed by atoms with Crippen molar-refractivity contribution in [3.63, 3.8) is 0 Å². The number of fused-ring (bicyclic) bond motifs is 1. The molecular formula is C9H4BrF3N2O2. The molecule has 2 rings (SSSR count). The van der Waals surface area contributed by atoms with Gasteiger partial charge in [0.15, 0.2) is 5.69 Å². The Morgan fingerprint density at radius 1 is 1.41 bits per heavy atom. The molecule has 4 nitrogen and oxygen atoms in total. The van der Waals surface area contributed by atoms with E-state index in [1.807, 2.05) is 0 Å². The van der Waals surface area contributed by atoms with Crippen molar-refractivity contribution in [2.75, 3.05) is 0 Å². The van der Waals surface area contributed by atoms with Gasteiger partial charge in [-0.25, -0.2) is 9.78 Å². The van der Waals surface area contributed by atoms with Gasteiger partial charge in [-0.15, -0.1) is 0 Å². The molecule has 2 aromatic rings. The molecular weight excluding hydrogens is 305 g/mol. The van der Waals surface area contributed by atoms with E-state index in [0.29, 0.717) is 8.87 Å². The van der Waals surface area contributed by atoms with E-state index in [9.17, 15) is 18.0 Å². The summed E-state index contributed by atoms with van der Waals surface area (Å²) in [5.41, 5.74) is -0.724. The first-order chi connectivity index (χ1) is 7.80. The number of hydrogen-bond acceptors (Lipinski definition) is 2. The fraction of sp³-hybridized carbons (Fsp3) is 0.111. The summed E-state index contributed by atoms with van der Waals surface area (Å²) in [4.78, 5) is 13.9. The van der Waals surface area contributed by atoms with E-state index in [4.69, 9.17) is 5.11 Å². The maximum absolute atomic E-state index is 12.6. The number of pyridine rings is 1. The normalized spacial score (nSPS) is 12.0. The summed E-state index contributed by atoms with van der Waals surface area (Å²) < 4.78 is 39.0. The number of carbonyl (C=O) groups is 1. The highest BCUT2D eigenvalue weighted by Gasteiger charge is 2.38. The lowest BCUT2D eigenvalue weighted by atomic mass is 10.3. The van der Waals surface area contributed by atoms with Crippen LogP contribution in [0.15, 0.2) is 22.8 Å². The van der Waals surface area contributed by atoms with E-state index in [-0.39, 0.29) is 5.52 Å². The first-order valence-corrected chi connectivity index (χ1v) is 5.08.